The molecule has 1 rings (SSSR count). The van der Waals surface area contributed by atoms with Gasteiger partial charge in [0.25, 0.3) is 0 Å². The molecule has 0 radical (unpaired) electrons. The van der Waals surface area contributed by atoms with Crippen molar-refractivity contribution in [1.29, 1.82) is 0 Å². The Morgan fingerprint density at radius 2 is 2.14 bits per heavy atom. The second-order valence-electron chi connectivity index (χ2n) is 2.86. The molecule has 0 heterocycles. The molecule has 0 spiro atoms. The highest BCUT2D eigenvalue weighted by atomic mass is 16.6. The first-order valence-electron chi connectivity index (χ1n) is 4.36. The van der Waals surface area contributed by atoms with Crippen LogP contribution >= 0.6 is 0 Å². The Kier molecular flexibility index (Phi) is 3.73. The lowest BCUT2D eigenvalue weighted by Gasteiger charge is -2.14. The van der Waals surface area contributed by atoms with E-state index >= 15 is 0 Å². The molecule has 0 aliphatic heterocycles. The number of benzene rings is 1. The number of carbonyl (C=O) groups is 1. The summed E-state index contributed by atoms with van der Waals surface area (Å²) in [6, 6.07) is 9.44. The Balaban J connectivity index is 2.77. The third-order valence-electron chi connectivity index (χ3n) is 1.81. The number of carbonyl (C=O) groups excluding carboxylic acids is 1. The molecule has 0 aliphatic carbocycles. The summed E-state index contributed by atoms with van der Waals surface area (Å²) in [7, 11) is 0. The number of hydrogen-bond acceptors (Lipinski definition) is 2. The number of nitrogens with two attached hydrogens (primary N) is 1. The highest BCUT2D eigenvalue weighted by Crippen LogP contribution is 2.20. The Bertz CT molecular complexity index is 308. The van der Waals surface area contributed by atoms with E-state index in [9.17, 15) is 4.79 Å². The second kappa shape index (κ2) is 5.07. The fourth-order valence-electron chi connectivity index (χ4n) is 1.21. The first-order chi connectivity index (χ1) is 6.74. The smallest absolute Gasteiger partial charge is 0.405 e. The van der Waals surface area contributed by atoms with E-state index in [4.69, 9.17) is 10.5 Å². The van der Waals surface area contributed by atoms with Crippen molar-refractivity contribution in [1.82, 2.24) is 0 Å². The highest BCUT2D eigenvalue weighted by Gasteiger charge is 2.12. The van der Waals surface area contributed by atoms with Gasteiger partial charge in [0.15, 0.2) is 0 Å². The zero-order chi connectivity index (χ0) is 10.4. The topological polar surface area (TPSA) is 52.3 Å². The summed E-state index contributed by atoms with van der Waals surface area (Å²) in [5.74, 6) is 0. The van der Waals surface area contributed by atoms with Gasteiger partial charge in [0, 0.05) is 6.42 Å². The molecule has 0 aromatic heterocycles. The van der Waals surface area contributed by atoms with Gasteiger partial charge in [-0.3, -0.25) is 0 Å². The Hall–Kier alpha value is -1.77. The minimum absolute atomic E-state index is 0.328. The second-order valence-corrected chi connectivity index (χ2v) is 2.86. The molecule has 74 valence electrons. The van der Waals surface area contributed by atoms with E-state index in [1.807, 2.05) is 30.3 Å². The van der Waals surface area contributed by atoms with E-state index < -0.39 is 6.09 Å². The van der Waals surface area contributed by atoms with Gasteiger partial charge in [0.2, 0.25) is 0 Å². The summed E-state index contributed by atoms with van der Waals surface area (Å²) in [6.07, 6.45) is 1.17. The lowest BCUT2D eigenvalue weighted by molar-refractivity contribution is 0.108. The Labute approximate surface area is 83.2 Å². The van der Waals surface area contributed by atoms with Crippen molar-refractivity contribution in [3.63, 3.8) is 0 Å². The largest absolute Gasteiger partial charge is 0.441 e. The van der Waals surface area contributed by atoms with Gasteiger partial charge in [-0.15, -0.1) is 6.58 Å². The average Bonchev–Trinajstić information content (AvgIpc) is 2.18. The van der Waals surface area contributed by atoms with Gasteiger partial charge in [-0.25, -0.2) is 4.79 Å². The minimum atomic E-state index is -0.763. The van der Waals surface area contributed by atoms with Crippen molar-refractivity contribution in [3.8, 4) is 0 Å². The van der Waals surface area contributed by atoms with E-state index in [1.54, 1.807) is 6.08 Å². The van der Waals surface area contributed by atoms with Crippen LogP contribution in [0.2, 0.25) is 0 Å². The van der Waals surface area contributed by atoms with Crippen molar-refractivity contribution in [3.05, 3.63) is 48.6 Å². The maximum absolute atomic E-state index is 10.6. The zero-order valence-electron chi connectivity index (χ0n) is 7.85. The Morgan fingerprint density at radius 1 is 1.50 bits per heavy atom. The predicted molar refractivity (Wildman–Crippen MR) is 54.7 cm³/mol. The fourth-order valence-corrected chi connectivity index (χ4v) is 1.21. The zero-order valence-corrected chi connectivity index (χ0v) is 7.85. The van der Waals surface area contributed by atoms with Gasteiger partial charge < -0.3 is 10.5 Å². The van der Waals surface area contributed by atoms with Crippen molar-refractivity contribution < 1.29 is 9.53 Å². The molecule has 1 aromatic carbocycles. The quantitative estimate of drug-likeness (QED) is 0.743. The molecule has 0 bridgehead atoms. The third-order valence-corrected chi connectivity index (χ3v) is 1.81. The number of amides is 1. The summed E-state index contributed by atoms with van der Waals surface area (Å²) in [5.41, 5.74) is 5.89. The van der Waals surface area contributed by atoms with Crippen LogP contribution in [0.15, 0.2) is 43.0 Å². The molecule has 2 N–H and O–H groups in total. The molecule has 1 aromatic rings. The maximum Gasteiger partial charge on any atom is 0.405 e. The van der Waals surface area contributed by atoms with Gasteiger partial charge in [-0.05, 0) is 5.56 Å². The fraction of sp³-hybridized carbons (Fsp3) is 0.182. The van der Waals surface area contributed by atoms with Crippen LogP contribution in [-0.4, -0.2) is 6.09 Å². The van der Waals surface area contributed by atoms with Crippen molar-refractivity contribution >= 4 is 6.09 Å². The van der Waals surface area contributed by atoms with Crippen LogP contribution in [0.3, 0.4) is 0 Å². The molecule has 1 amide bonds. The van der Waals surface area contributed by atoms with Gasteiger partial charge >= 0.3 is 6.09 Å². The molecule has 0 saturated heterocycles. The van der Waals surface area contributed by atoms with E-state index in [1.165, 1.54) is 0 Å². The molecule has 1 atom stereocenters. The van der Waals surface area contributed by atoms with Crippen LogP contribution in [0.25, 0.3) is 0 Å². The molecule has 14 heavy (non-hydrogen) atoms. The van der Waals surface area contributed by atoms with Gasteiger partial charge in [0.05, 0.1) is 0 Å². The average molecular weight is 191 g/mol. The summed E-state index contributed by atoms with van der Waals surface area (Å²) >= 11 is 0. The van der Waals surface area contributed by atoms with Crippen LogP contribution < -0.4 is 5.73 Å². The lowest BCUT2D eigenvalue weighted by Crippen LogP contribution is -2.17. The molecular formula is C11H13NO2. The minimum Gasteiger partial charge on any atom is -0.441 e. The maximum atomic E-state index is 10.6. The number of ether oxygens (including phenoxy) is 1. The van der Waals surface area contributed by atoms with E-state index in [-0.39, 0.29) is 6.10 Å². The van der Waals surface area contributed by atoms with Crippen LogP contribution in [0.5, 0.6) is 0 Å². The summed E-state index contributed by atoms with van der Waals surface area (Å²) < 4.78 is 4.94. The molecule has 3 heteroatoms. The van der Waals surface area contributed by atoms with Crippen molar-refractivity contribution in [2.45, 2.75) is 12.5 Å². The van der Waals surface area contributed by atoms with Crippen molar-refractivity contribution in [2.75, 3.05) is 0 Å². The lowest BCUT2D eigenvalue weighted by atomic mass is 10.1. The van der Waals surface area contributed by atoms with Gasteiger partial charge in [-0.2, -0.15) is 0 Å². The van der Waals surface area contributed by atoms with E-state index in [2.05, 4.69) is 6.58 Å². The van der Waals surface area contributed by atoms with Crippen molar-refractivity contribution in [2.24, 2.45) is 5.73 Å². The normalized spacial score (nSPS) is 11.7. The van der Waals surface area contributed by atoms with Crippen LogP contribution in [0, 0.1) is 0 Å². The molecule has 0 fully saturated rings. The standard InChI is InChI=1S/C11H13NO2/c1-2-6-10(14-11(12)13)9-7-4-3-5-8-9/h2-5,7-8,10H,1,6H2,(H2,12,13). The SMILES string of the molecule is C=CCC(OC(N)=O)c1ccccc1. The van der Waals surface area contributed by atoms with E-state index in [0.29, 0.717) is 6.42 Å². The number of hydrogen-bond donors (Lipinski definition) is 1. The molecule has 3 nitrogen and oxygen atoms in total. The third kappa shape index (κ3) is 2.94. The van der Waals surface area contributed by atoms with E-state index in [0.717, 1.165) is 5.56 Å². The number of primary amides is 1. The van der Waals surface area contributed by atoms with Crippen LogP contribution in [0.4, 0.5) is 4.79 Å². The summed E-state index contributed by atoms with van der Waals surface area (Å²) in [5, 5.41) is 0. The molecule has 1 unspecified atom stereocenters. The molecule has 0 aliphatic rings. The Morgan fingerprint density at radius 3 is 2.64 bits per heavy atom. The molecular weight excluding hydrogens is 178 g/mol. The predicted octanol–water partition coefficient (Wildman–Crippen LogP) is 2.40. The first-order valence-corrected chi connectivity index (χ1v) is 4.36. The molecule has 0 saturated carbocycles. The number of rotatable bonds is 4. The van der Waals surface area contributed by atoms with Crippen LogP contribution in [-0.2, 0) is 4.74 Å². The van der Waals surface area contributed by atoms with Crippen LogP contribution in [0.1, 0.15) is 18.1 Å². The first kappa shape index (κ1) is 10.3. The summed E-state index contributed by atoms with van der Waals surface area (Å²) in [4.78, 5) is 10.6. The van der Waals surface area contributed by atoms with Gasteiger partial charge in [-0.1, -0.05) is 36.4 Å². The highest BCUT2D eigenvalue weighted by molar-refractivity contribution is 5.65. The monoisotopic (exact) mass is 191 g/mol. The van der Waals surface area contributed by atoms with Gasteiger partial charge in [0.1, 0.15) is 6.10 Å². The summed E-state index contributed by atoms with van der Waals surface area (Å²) in [6.45, 7) is 3.60.